The van der Waals surface area contributed by atoms with Crippen LogP contribution in [0.15, 0.2) is 24.3 Å². The predicted molar refractivity (Wildman–Crippen MR) is 93.2 cm³/mol. The number of morpholine rings is 1. The van der Waals surface area contributed by atoms with Gasteiger partial charge in [-0.2, -0.15) is 0 Å². The summed E-state index contributed by atoms with van der Waals surface area (Å²) >= 11 is 1.11. The van der Waals surface area contributed by atoms with E-state index in [0.29, 0.717) is 36.8 Å². The number of benzene rings is 1. The number of halogens is 1. The third kappa shape index (κ3) is 4.39. The normalized spacial score (nSPS) is 16.6. The van der Waals surface area contributed by atoms with Gasteiger partial charge in [0.25, 0.3) is 5.91 Å². The van der Waals surface area contributed by atoms with Gasteiger partial charge in [0.2, 0.25) is 0 Å². The van der Waals surface area contributed by atoms with Crippen molar-refractivity contribution >= 4 is 17.4 Å². The van der Waals surface area contributed by atoms with Gasteiger partial charge in [0.1, 0.15) is 10.7 Å². The maximum absolute atomic E-state index is 13.3. The zero-order valence-electron chi connectivity index (χ0n) is 14.1. The second kappa shape index (κ2) is 8.46. The van der Waals surface area contributed by atoms with Crippen LogP contribution >= 0.6 is 11.5 Å². The second-order valence-electron chi connectivity index (χ2n) is 5.83. The summed E-state index contributed by atoms with van der Waals surface area (Å²) in [7, 11) is 0. The molecule has 2 heterocycles. The van der Waals surface area contributed by atoms with Crippen LogP contribution in [0.3, 0.4) is 0 Å². The lowest BCUT2D eigenvalue weighted by Crippen LogP contribution is -2.43. The molecule has 8 heteroatoms. The smallest absolute Gasteiger partial charge is 0.265 e. The van der Waals surface area contributed by atoms with Crippen LogP contribution in [0.1, 0.15) is 33.9 Å². The zero-order valence-corrected chi connectivity index (χ0v) is 14.9. The minimum atomic E-state index is -0.267. The number of ether oxygens (including phenoxy) is 1. The van der Waals surface area contributed by atoms with E-state index in [9.17, 15) is 9.18 Å². The minimum Gasteiger partial charge on any atom is -0.379 e. The van der Waals surface area contributed by atoms with Gasteiger partial charge in [-0.1, -0.05) is 23.5 Å². The van der Waals surface area contributed by atoms with E-state index in [1.54, 1.807) is 12.1 Å². The number of hydrogen-bond donors (Lipinski definition) is 1. The maximum atomic E-state index is 13.3. The van der Waals surface area contributed by atoms with Gasteiger partial charge in [-0.3, -0.25) is 9.69 Å². The number of carbonyl (C=O) groups is 1. The van der Waals surface area contributed by atoms with Gasteiger partial charge in [-0.15, -0.1) is 5.10 Å². The fraction of sp³-hybridized carbons (Fsp3) is 0.471. The first kappa shape index (κ1) is 17.9. The van der Waals surface area contributed by atoms with Crippen molar-refractivity contribution in [3.63, 3.8) is 0 Å². The lowest BCUT2D eigenvalue weighted by molar-refractivity contribution is 0.0162. The van der Waals surface area contributed by atoms with Crippen LogP contribution in [0.4, 0.5) is 4.39 Å². The molecule has 1 fully saturated rings. The summed E-state index contributed by atoms with van der Waals surface area (Å²) in [4.78, 5) is 15.3. The predicted octanol–water partition coefficient (Wildman–Crippen LogP) is 2.04. The monoisotopic (exact) mass is 364 g/mol. The van der Waals surface area contributed by atoms with E-state index in [-0.39, 0.29) is 17.8 Å². The van der Waals surface area contributed by atoms with Crippen LogP contribution in [-0.2, 0) is 11.2 Å². The molecule has 3 rings (SSSR count). The number of aryl methyl sites for hydroxylation is 1. The van der Waals surface area contributed by atoms with E-state index in [0.717, 1.165) is 30.2 Å². The van der Waals surface area contributed by atoms with Gasteiger partial charge < -0.3 is 10.1 Å². The molecule has 0 spiro atoms. The second-order valence-corrected chi connectivity index (χ2v) is 6.58. The van der Waals surface area contributed by atoms with Crippen molar-refractivity contribution in [3.05, 3.63) is 46.2 Å². The van der Waals surface area contributed by atoms with Gasteiger partial charge in [-0.25, -0.2) is 4.39 Å². The van der Waals surface area contributed by atoms with Crippen molar-refractivity contribution in [1.82, 2.24) is 19.8 Å². The quantitative estimate of drug-likeness (QED) is 0.850. The molecular formula is C17H21FN4O2S. The van der Waals surface area contributed by atoms with Crippen molar-refractivity contribution in [3.8, 4) is 0 Å². The highest BCUT2D eigenvalue weighted by Crippen LogP contribution is 2.22. The van der Waals surface area contributed by atoms with Crippen molar-refractivity contribution < 1.29 is 13.9 Å². The van der Waals surface area contributed by atoms with Crippen molar-refractivity contribution in [2.45, 2.75) is 19.4 Å². The number of nitrogens with zero attached hydrogens (tertiary/aromatic N) is 3. The van der Waals surface area contributed by atoms with Gasteiger partial charge >= 0.3 is 0 Å². The fourth-order valence-electron chi connectivity index (χ4n) is 2.91. The standard InChI is InChI=1S/C17H21FN4O2S/c1-2-14-16(25-21-20-14)17(23)19-11-15(22-7-9-24-10-8-22)12-3-5-13(18)6-4-12/h3-6,15H,2,7-11H2,1H3,(H,19,23). The SMILES string of the molecule is CCc1nnsc1C(=O)NCC(c1ccc(F)cc1)N1CCOCC1. The highest BCUT2D eigenvalue weighted by atomic mass is 32.1. The molecule has 1 amide bonds. The highest BCUT2D eigenvalue weighted by molar-refractivity contribution is 7.08. The Bertz CT molecular complexity index is 701. The summed E-state index contributed by atoms with van der Waals surface area (Å²) in [6.45, 7) is 5.25. The summed E-state index contributed by atoms with van der Waals surface area (Å²) in [5, 5.41) is 6.97. The van der Waals surface area contributed by atoms with E-state index >= 15 is 0 Å². The Kier molecular flexibility index (Phi) is 6.06. The zero-order chi connectivity index (χ0) is 17.6. The average Bonchev–Trinajstić information content (AvgIpc) is 3.13. The van der Waals surface area contributed by atoms with E-state index in [4.69, 9.17) is 4.74 Å². The van der Waals surface area contributed by atoms with Crippen LogP contribution in [0, 0.1) is 5.82 Å². The topological polar surface area (TPSA) is 67.4 Å². The Morgan fingerprint density at radius 2 is 2.08 bits per heavy atom. The lowest BCUT2D eigenvalue weighted by atomic mass is 10.0. The largest absolute Gasteiger partial charge is 0.379 e. The van der Waals surface area contributed by atoms with Gasteiger partial charge in [0, 0.05) is 19.6 Å². The molecule has 25 heavy (non-hydrogen) atoms. The molecule has 1 aliphatic rings. The van der Waals surface area contributed by atoms with E-state index in [2.05, 4.69) is 19.8 Å². The highest BCUT2D eigenvalue weighted by Gasteiger charge is 2.24. The Labute approximate surface area is 150 Å². The van der Waals surface area contributed by atoms with E-state index < -0.39 is 0 Å². The first-order chi connectivity index (χ1) is 12.2. The molecule has 1 saturated heterocycles. The molecule has 1 N–H and O–H groups in total. The van der Waals surface area contributed by atoms with E-state index in [1.165, 1.54) is 12.1 Å². The van der Waals surface area contributed by atoms with Gasteiger partial charge in [0.15, 0.2) is 0 Å². The molecule has 1 atom stereocenters. The van der Waals surface area contributed by atoms with Crippen molar-refractivity contribution in [2.75, 3.05) is 32.8 Å². The van der Waals surface area contributed by atoms with Crippen LogP contribution < -0.4 is 5.32 Å². The van der Waals surface area contributed by atoms with Gasteiger partial charge in [0.05, 0.1) is 24.9 Å². The van der Waals surface area contributed by atoms with Crippen LogP contribution in [0.25, 0.3) is 0 Å². The number of hydrogen-bond acceptors (Lipinski definition) is 6. The van der Waals surface area contributed by atoms with Crippen LogP contribution in [0.5, 0.6) is 0 Å². The van der Waals surface area contributed by atoms with Crippen LogP contribution in [-0.4, -0.2) is 53.2 Å². The Hall–Kier alpha value is -1.90. The third-order valence-corrected chi connectivity index (χ3v) is 5.06. The molecule has 134 valence electrons. The number of aromatic nitrogens is 2. The Morgan fingerprint density at radius 3 is 2.76 bits per heavy atom. The number of rotatable bonds is 6. The molecule has 1 aliphatic heterocycles. The molecule has 0 aliphatic carbocycles. The molecule has 0 radical (unpaired) electrons. The first-order valence-corrected chi connectivity index (χ1v) is 9.13. The summed E-state index contributed by atoms with van der Waals surface area (Å²) in [6.07, 6.45) is 0.671. The molecule has 0 saturated carbocycles. The number of carbonyl (C=O) groups excluding carboxylic acids is 1. The molecule has 1 aromatic carbocycles. The lowest BCUT2D eigenvalue weighted by Gasteiger charge is -2.34. The van der Waals surface area contributed by atoms with Gasteiger partial charge in [-0.05, 0) is 35.6 Å². The summed E-state index contributed by atoms with van der Waals surface area (Å²) < 4.78 is 22.5. The minimum absolute atomic E-state index is 0.0283. The Balaban J connectivity index is 1.73. The van der Waals surface area contributed by atoms with Crippen LogP contribution in [0.2, 0.25) is 0 Å². The fourth-order valence-corrected chi connectivity index (χ4v) is 3.58. The molecule has 2 aromatic rings. The summed E-state index contributed by atoms with van der Waals surface area (Å²) in [6, 6.07) is 6.42. The summed E-state index contributed by atoms with van der Waals surface area (Å²) in [5.41, 5.74) is 1.69. The molecular weight excluding hydrogens is 343 g/mol. The van der Waals surface area contributed by atoms with Crippen molar-refractivity contribution in [2.24, 2.45) is 0 Å². The molecule has 1 aromatic heterocycles. The maximum Gasteiger partial charge on any atom is 0.265 e. The number of nitrogens with one attached hydrogen (secondary N) is 1. The molecule has 1 unspecified atom stereocenters. The molecule has 6 nitrogen and oxygen atoms in total. The summed E-state index contributed by atoms with van der Waals surface area (Å²) in [5.74, 6) is -0.427. The first-order valence-electron chi connectivity index (χ1n) is 8.35. The van der Waals surface area contributed by atoms with Crippen molar-refractivity contribution in [1.29, 1.82) is 0 Å². The average molecular weight is 364 g/mol. The Morgan fingerprint density at radius 1 is 1.36 bits per heavy atom. The molecule has 0 bridgehead atoms. The third-order valence-electron chi connectivity index (χ3n) is 4.29. The number of amides is 1. The van der Waals surface area contributed by atoms with E-state index in [1.807, 2.05) is 6.92 Å².